The molecule has 4 nitrogen and oxygen atoms in total. The summed E-state index contributed by atoms with van der Waals surface area (Å²) in [6.45, 7) is 0.778. The molecule has 20 heavy (non-hydrogen) atoms. The van der Waals surface area contributed by atoms with Crippen molar-refractivity contribution >= 4 is 57.1 Å². The molecule has 0 saturated carbocycles. The van der Waals surface area contributed by atoms with Gasteiger partial charge in [0.05, 0.1) is 27.9 Å². The van der Waals surface area contributed by atoms with E-state index in [0.29, 0.717) is 0 Å². The van der Waals surface area contributed by atoms with Crippen molar-refractivity contribution in [1.29, 1.82) is 0 Å². The number of nitrogens with zero attached hydrogens (tertiary/aromatic N) is 2. The lowest BCUT2D eigenvalue weighted by Crippen LogP contribution is -2.28. The van der Waals surface area contributed by atoms with Crippen molar-refractivity contribution in [2.24, 2.45) is 4.99 Å². The van der Waals surface area contributed by atoms with Crippen LogP contribution in [0.2, 0.25) is 4.34 Å². The Morgan fingerprint density at radius 3 is 3.05 bits per heavy atom. The number of thioether (sulfide) groups is 1. The molecule has 0 aromatic carbocycles. The Hall–Kier alpha value is -0.890. The number of hydrogen-bond acceptors (Lipinski definition) is 6. The molecule has 0 atom stereocenters. The molecule has 104 valence electrons. The van der Waals surface area contributed by atoms with E-state index in [1.54, 1.807) is 11.8 Å². The summed E-state index contributed by atoms with van der Waals surface area (Å²) in [5.74, 6) is 0.870. The third kappa shape index (κ3) is 3.41. The van der Waals surface area contributed by atoms with Gasteiger partial charge in [-0.1, -0.05) is 23.4 Å². The van der Waals surface area contributed by atoms with Crippen LogP contribution in [0.1, 0.15) is 5.69 Å². The van der Waals surface area contributed by atoms with Gasteiger partial charge in [0.1, 0.15) is 5.01 Å². The summed E-state index contributed by atoms with van der Waals surface area (Å²) in [7, 11) is 0. The predicted molar refractivity (Wildman–Crippen MR) is 87.0 cm³/mol. The fourth-order valence-electron chi connectivity index (χ4n) is 1.67. The number of rotatable bonds is 3. The third-order valence-electron chi connectivity index (χ3n) is 2.51. The van der Waals surface area contributed by atoms with Gasteiger partial charge in [0.25, 0.3) is 0 Å². The van der Waals surface area contributed by atoms with Crippen LogP contribution < -0.4 is 5.32 Å². The Labute approximate surface area is 133 Å². The van der Waals surface area contributed by atoms with Crippen LogP contribution in [0.15, 0.2) is 22.5 Å². The molecular weight excluding hydrogens is 334 g/mol. The van der Waals surface area contributed by atoms with E-state index >= 15 is 0 Å². The first-order valence-electron chi connectivity index (χ1n) is 5.88. The molecule has 1 aliphatic heterocycles. The summed E-state index contributed by atoms with van der Waals surface area (Å²) in [4.78, 5) is 21.6. The van der Waals surface area contributed by atoms with Gasteiger partial charge < -0.3 is 5.32 Å². The van der Waals surface area contributed by atoms with Crippen molar-refractivity contribution < 1.29 is 4.79 Å². The van der Waals surface area contributed by atoms with Crippen molar-refractivity contribution in [2.75, 3.05) is 12.3 Å². The van der Waals surface area contributed by atoms with Crippen LogP contribution in [0.3, 0.4) is 0 Å². The summed E-state index contributed by atoms with van der Waals surface area (Å²) in [6.07, 6.45) is 0.273. The normalized spacial score (nSPS) is 14.3. The van der Waals surface area contributed by atoms with E-state index in [2.05, 4.69) is 15.3 Å². The van der Waals surface area contributed by atoms with Gasteiger partial charge in [-0.05, 0) is 12.1 Å². The summed E-state index contributed by atoms with van der Waals surface area (Å²) < 4.78 is 0.741. The summed E-state index contributed by atoms with van der Waals surface area (Å²) >= 11 is 10.5. The molecule has 1 amide bonds. The first kappa shape index (κ1) is 14.1. The van der Waals surface area contributed by atoms with Gasteiger partial charge in [-0.15, -0.1) is 22.7 Å². The SMILES string of the molecule is O=C(Cc1csc(-c2ccc(Cl)s2)n1)NC1=NCCS1. The maximum Gasteiger partial charge on any atom is 0.231 e. The van der Waals surface area contributed by atoms with Crippen molar-refractivity contribution in [3.63, 3.8) is 0 Å². The largest absolute Gasteiger partial charge is 0.305 e. The minimum atomic E-state index is -0.0702. The van der Waals surface area contributed by atoms with Gasteiger partial charge in [-0.2, -0.15) is 0 Å². The van der Waals surface area contributed by atoms with E-state index in [0.717, 1.165) is 37.4 Å². The molecule has 0 bridgehead atoms. The van der Waals surface area contributed by atoms with Gasteiger partial charge in [-0.25, -0.2) is 4.98 Å². The number of aliphatic imine (C=N–C) groups is 1. The Balaban J connectivity index is 1.63. The van der Waals surface area contributed by atoms with Crippen LogP contribution in [0.4, 0.5) is 0 Å². The first-order valence-corrected chi connectivity index (χ1v) is 8.94. The average Bonchev–Trinajstić information content (AvgIpc) is 3.10. The summed E-state index contributed by atoms with van der Waals surface area (Å²) in [5, 5.41) is 6.33. The number of halogens is 1. The lowest BCUT2D eigenvalue weighted by atomic mass is 10.3. The fraction of sp³-hybridized carbons (Fsp3) is 0.250. The van der Waals surface area contributed by atoms with Gasteiger partial charge in [-0.3, -0.25) is 9.79 Å². The van der Waals surface area contributed by atoms with Crippen LogP contribution in [0.25, 0.3) is 9.88 Å². The second-order valence-electron chi connectivity index (χ2n) is 4.01. The van der Waals surface area contributed by atoms with Crippen molar-refractivity contribution in [3.05, 3.63) is 27.5 Å². The van der Waals surface area contributed by atoms with Crippen molar-refractivity contribution in [3.8, 4) is 9.88 Å². The highest BCUT2D eigenvalue weighted by Gasteiger charge is 2.14. The van der Waals surface area contributed by atoms with E-state index < -0.39 is 0 Å². The Bertz CT molecular complexity index is 664. The zero-order valence-corrected chi connectivity index (χ0v) is 13.5. The maximum absolute atomic E-state index is 11.9. The number of amides is 1. The van der Waals surface area contributed by atoms with Gasteiger partial charge in [0, 0.05) is 11.1 Å². The van der Waals surface area contributed by atoms with Gasteiger partial charge in [0.2, 0.25) is 5.91 Å². The van der Waals surface area contributed by atoms with E-state index in [1.165, 1.54) is 22.7 Å². The van der Waals surface area contributed by atoms with E-state index in [-0.39, 0.29) is 12.3 Å². The molecule has 0 aliphatic carbocycles. The molecule has 8 heteroatoms. The molecular formula is C12H10ClN3OS3. The quantitative estimate of drug-likeness (QED) is 0.930. The number of thiophene rings is 1. The molecule has 2 aromatic heterocycles. The smallest absolute Gasteiger partial charge is 0.231 e. The highest BCUT2D eigenvalue weighted by Crippen LogP contribution is 2.32. The topological polar surface area (TPSA) is 54.4 Å². The second-order valence-corrected chi connectivity index (χ2v) is 7.66. The van der Waals surface area contributed by atoms with Crippen LogP contribution >= 0.6 is 46.0 Å². The molecule has 1 N–H and O–H groups in total. The van der Waals surface area contributed by atoms with E-state index in [1.807, 2.05) is 17.5 Å². The van der Waals surface area contributed by atoms with Gasteiger partial charge in [0.15, 0.2) is 5.17 Å². The lowest BCUT2D eigenvalue weighted by Gasteiger charge is -2.01. The monoisotopic (exact) mass is 343 g/mol. The number of carbonyl (C=O) groups excluding carboxylic acids is 1. The zero-order valence-electron chi connectivity index (χ0n) is 10.3. The number of amidine groups is 1. The number of nitrogens with one attached hydrogen (secondary N) is 1. The number of carbonyl (C=O) groups is 1. The third-order valence-corrected chi connectivity index (χ3v) is 5.69. The fourth-order valence-corrected chi connectivity index (χ4v) is 4.35. The van der Waals surface area contributed by atoms with Crippen LogP contribution in [0.5, 0.6) is 0 Å². The molecule has 1 aliphatic rings. The standard InChI is InChI=1S/C12H10ClN3OS3/c13-9-2-1-8(20-9)11-15-7(6-19-11)5-10(17)16-12-14-3-4-18-12/h1-2,6H,3-5H2,(H,14,16,17). The lowest BCUT2D eigenvalue weighted by molar-refractivity contribution is -0.119. The minimum absolute atomic E-state index is 0.0702. The highest BCUT2D eigenvalue weighted by molar-refractivity contribution is 8.14. The summed E-state index contributed by atoms with van der Waals surface area (Å²) in [6, 6.07) is 3.80. The Morgan fingerprint density at radius 2 is 2.35 bits per heavy atom. The van der Waals surface area contributed by atoms with Crippen molar-refractivity contribution in [2.45, 2.75) is 6.42 Å². The van der Waals surface area contributed by atoms with Crippen LogP contribution in [0, 0.1) is 0 Å². The first-order chi connectivity index (χ1) is 9.70. The molecule has 2 aromatic rings. The maximum atomic E-state index is 11.9. The molecule has 0 saturated heterocycles. The molecule has 0 radical (unpaired) electrons. The Morgan fingerprint density at radius 1 is 1.45 bits per heavy atom. The molecule has 0 spiro atoms. The van der Waals surface area contributed by atoms with Crippen LogP contribution in [-0.4, -0.2) is 28.4 Å². The summed E-state index contributed by atoms with van der Waals surface area (Å²) in [5.41, 5.74) is 0.774. The van der Waals surface area contributed by atoms with Crippen LogP contribution in [-0.2, 0) is 11.2 Å². The number of thiazole rings is 1. The van der Waals surface area contributed by atoms with Crippen molar-refractivity contribution in [1.82, 2.24) is 10.3 Å². The Kier molecular flexibility index (Phi) is 4.40. The highest BCUT2D eigenvalue weighted by atomic mass is 35.5. The van der Waals surface area contributed by atoms with E-state index in [9.17, 15) is 4.79 Å². The molecule has 0 fully saturated rings. The molecule has 3 heterocycles. The second kappa shape index (κ2) is 6.26. The minimum Gasteiger partial charge on any atom is -0.305 e. The average molecular weight is 344 g/mol. The van der Waals surface area contributed by atoms with Gasteiger partial charge >= 0.3 is 0 Å². The molecule has 3 rings (SSSR count). The predicted octanol–water partition coefficient (Wildman–Crippen LogP) is 3.29. The number of aromatic nitrogens is 1. The molecule has 0 unspecified atom stereocenters. The zero-order chi connectivity index (χ0) is 13.9. The van der Waals surface area contributed by atoms with E-state index in [4.69, 9.17) is 11.6 Å². The number of hydrogen-bond donors (Lipinski definition) is 1.